The Bertz CT molecular complexity index is 977. The average Bonchev–Trinajstić information content (AvgIpc) is 2.64. The Labute approximate surface area is 175 Å². The van der Waals surface area contributed by atoms with Gasteiger partial charge in [-0.3, -0.25) is 9.59 Å². The molecule has 0 unspecified atom stereocenters. The van der Waals surface area contributed by atoms with Crippen molar-refractivity contribution in [3.05, 3.63) is 70.2 Å². The van der Waals surface area contributed by atoms with Gasteiger partial charge in [0.1, 0.15) is 0 Å². The van der Waals surface area contributed by atoms with Crippen molar-refractivity contribution in [1.82, 2.24) is 15.4 Å². The summed E-state index contributed by atoms with van der Waals surface area (Å²) in [5.74, 6) is -1.03. The first-order valence-electron chi connectivity index (χ1n) is 9.04. The quantitative estimate of drug-likeness (QED) is 0.559. The van der Waals surface area contributed by atoms with Gasteiger partial charge >= 0.3 is 0 Å². The third-order valence-corrected chi connectivity index (χ3v) is 5.73. The van der Waals surface area contributed by atoms with E-state index >= 15 is 0 Å². The highest BCUT2D eigenvalue weighted by molar-refractivity contribution is 7.88. The maximum absolute atomic E-state index is 12.2. The lowest BCUT2D eigenvalue weighted by Crippen LogP contribution is -2.37. The summed E-state index contributed by atoms with van der Waals surface area (Å²) in [6.45, 7) is 3.43. The molecule has 0 aromatic heterocycles. The molecule has 0 bridgehead atoms. The summed E-state index contributed by atoms with van der Waals surface area (Å²) in [5, 5.41) is 5.50. The van der Waals surface area contributed by atoms with E-state index in [0.717, 1.165) is 0 Å². The van der Waals surface area contributed by atoms with Crippen molar-refractivity contribution in [3.8, 4) is 0 Å². The van der Waals surface area contributed by atoms with E-state index in [0.29, 0.717) is 16.1 Å². The van der Waals surface area contributed by atoms with Crippen LogP contribution in [-0.4, -0.2) is 32.8 Å². The zero-order chi connectivity index (χ0) is 21.4. The summed E-state index contributed by atoms with van der Waals surface area (Å²) in [6, 6.07) is 13.3. The number of benzene rings is 2. The van der Waals surface area contributed by atoms with Crippen LogP contribution in [0.2, 0.25) is 5.02 Å². The first kappa shape index (κ1) is 22.9. The van der Waals surface area contributed by atoms with Crippen molar-refractivity contribution < 1.29 is 18.0 Å². The second kappa shape index (κ2) is 10.4. The summed E-state index contributed by atoms with van der Waals surface area (Å²) < 4.78 is 26.9. The van der Waals surface area contributed by atoms with Crippen LogP contribution in [0.4, 0.5) is 0 Å². The maximum Gasteiger partial charge on any atom is 0.253 e. The third kappa shape index (κ3) is 7.49. The molecule has 7 nitrogen and oxygen atoms in total. The summed E-state index contributed by atoms with van der Waals surface area (Å²) in [5.41, 5.74) is 1.57. The molecule has 9 heteroatoms. The molecule has 0 spiro atoms. The molecule has 0 atom stereocenters. The van der Waals surface area contributed by atoms with E-state index in [4.69, 9.17) is 11.6 Å². The van der Waals surface area contributed by atoms with Gasteiger partial charge in [-0.1, -0.05) is 48.0 Å². The Morgan fingerprint density at radius 1 is 0.966 bits per heavy atom. The minimum absolute atomic E-state index is 0.147. The number of amides is 2. The van der Waals surface area contributed by atoms with E-state index in [2.05, 4.69) is 15.4 Å². The Morgan fingerprint density at radius 2 is 1.59 bits per heavy atom. The molecule has 156 valence electrons. The van der Waals surface area contributed by atoms with Crippen LogP contribution < -0.4 is 15.4 Å². The van der Waals surface area contributed by atoms with Crippen molar-refractivity contribution in [2.24, 2.45) is 0 Å². The van der Waals surface area contributed by atoms with Gasteiger partial charge in [0.25, 0.3) is 5.91 Å². The molecule has 2 amide bonds. The largest absolute Gasteiger partial charge is 0.350 e. The molecule has 0 heterocycles. The summed E-state index contributed by atoms with van der Waals surface area (Å²) >= 11 is 5.96. The fourth-order valence-corrected chi connectivity index (χ4v) is 4.35. The molecule has 0 saturated carbocycles. The fraction of sp³-hybridized carbons (Fsp3) is 0.300. The van der Waals surface area contributed by atoms with Gasteiger partial charge in [-0.15, -0.1) is 0 Å². The number of hydrogen-bond donors (Lipinski definition) is 3. The Kier molecular flexibility index (Phi) is 8.19. The highest BCUT2D eigenvalue weighted by Crippen LogP contribution is 2.14. The summed E-state index contributed by atoms with van der Waals surface area (Å²) in [4.78, 5) is 24.2. The highest BCUT2D eigenvalue weighted by atomic mass is 35.5. The van der Waals surface area contributed by atoms with E-state index in [9.17, 15) is 18.0 Å². The zero-order valence-corrected chi connectivity index (χ0v) is 17.8. The number of rotatable bonds is 9. The van der Waals surface area contributed by atoms with E-state index in [1.165, 1.54) is 0 Å². The lowest BCUT2D eigenvalue weighted by Gasteiger charge is -2.13. The minimum Gasteiger partial charge on any atom is -0.350 e. The van der Waals surface area contributed by atoms with Gasteiger partial charge in [-0.25, -0.2) is 13.1 Å². The van der Waals surface area contributed by atoms with Crippen molar-refractivity contribution in [2.75, 3.05) is 6.54 Å². The van der Waals surface area contributed by atoms with Crippen LogP contribution in [0.25, 0.3) is 0 Å². The van der Waals surface area contributed by atoms with E-state index < -0.39 is 21.8 Å². The van der Waals surface area contributed by atoms with Crippen molar-refractivity contribution in [3.63, 3.8) is 0 Å². The number of halogens is 1. The first-order chi connectivity index (χ1) is 13.7. The smallest absolute Gasteiger partial charge is 0.253 e. The Hall–Kier alpha value is -2.42. The molecular weight excluding hydrogens is 414 g/mol. The number of hydrogen-bond acceptors (Lipinski definition) is 4. The van der Waals surface area contributed by atoms with Gasteiger partial charge in [-0.05, 0) is 37.1 Å². The average molecular weight is 438 g/mol. The molecule has 0 fully saturated rings. The SMILES string of the molecule is CC(C)NS(=O)(=O)Cc1ccccc1CNC(=O)CNC(=O)c1ccccc1Cl. The van der Waals surface area contributed by atoms with E-state index in [-0.39, 0.29) is 30.4 Å². The van der Waals surface area contributed by atoms with Crippen LogP contribution in [-0.2, 0) is 27.1 Å². The van der Waals surface area contributed by atoms with Gasteiger partial charge in [-0.2, -0.15) is 0 Å². The van der Waals surface area contributed by atoms with Gasteiger partial charge in [0.05, 0.1) is 22.9 Å². The predicted octanol–water partition coefficient (Wildman–Crippen LogP) is 2.21. The molecule has 0 radical (unpaired) electrons. The van der Waals surface area contributed by atoms with Crippen LogP contribution in [0.5, 0.6) is 0 Å². The molecule has 0 aliphatic carbocycles. The zero-order valence-electron chi connectivity index (χ0n) is 16.2. The molecule has 2 aromatic carbocycles. The van der Waals surface area contributed by atoms with Crippen molar-refractivity contribution in [1.29, 1.82) is 0 Å². The van der Waals surface area contributed by atoms with Crippen LogP contribution in [0.1, 0.15) is 35.3 Å². The van der Waals surface area contributed by atoms with Crippen LogP contribution in [0.3, 0.4) is 0 Å². The second-order valence-electron chi connectivity index (χ2n) is 6.74. The third-order valence-electron chi connectivity index (χ3n) is 3.88. The molecule has 2 aromatic rings. The number of sulfonamides is 1. The van der Waals surface area contributed by atoms with Crippen LogP contribution in [0.15, 0.2) is 48.5 Å². The standard InChI is InChI=1S/C20H24ClN3O4S/c1-14(2)24-29(27,28)13-16-8-4-3-7-15(16)11-22-19(25)12-23-20(26)17-9-5-6-10-18(17)21/h3-10,14,24H,11-13H2,1-2H3,(H,22,25)(H,23,26). The fourth-order valence-electron chi connectivity index (χ4n) is 2.63. The molecule has 2 rings (SSSR count). The normalized spacial score (nSPS) is 11.3. The van der Waals surface area contributed by atoms with Gasteiger partial charge in [0, 0.05) is 12.6 Å². The first-order valence-corrected chi connectivity index (χ1v) is 11.1. The summed E-state index contributed by atoms with van der Waals surface area (Å²) in [7, 11) is -3.48. The lowest BCUT2D eigenvalue weighted by atomic mass is 10.1. The molecule has 29 heavy (non-hydrogen) atoms. The minimum atomic E-state index is -3.48. The molecule has 0 aliphatic heterocycles. The van der Waals surface area contributed by atoms with Crippen molar-refractivity contribution >= 4 is 33.4 Å². The monoisotopic (exact) mass is 437 g/mol. The molecule has 3 N–H and O–H groups in total. The number of carbonyl (C=O) groups excluding carboxylic acids is 2. The Morgan fingerprint density at radius 3 is 2.24 bits per heavy atom. The predicted molar refractivity (Wildman–Crippen MR) is 113 cm³/mol. The van der Waals surface area contributed by atoms with Gasteiger partial charge < -0.3 is 10.6 Å². The maximum atomic E-state index is 12.2. The van der Waals surface area contributed by atoms with Crippen LogP contribution >= 0.6 is 11.6 Å². The highest BCUT2D eigenvalue weighted by Gasteiger charge is 2.16. The van der Waals surface area contributed by atoms with E-state index in [1.807, 2.05) is 0 Å². The van der Waals surface area contributed by atoms with Crippen LogP contribution in [0, 0.1) is 0 Å². The number of nitrogens with one attached hydrogen (secondary N) is 3. The van der Waals surface area contributed by atoms with Crippen molar-refractivity contribution in [2.45, 2.75) is 32.2 Å². The van der Waals surface area contributed by atoms with Gasteiger partial charge in [0.15, 0.2) is 0 Å². The summed E-state index contributed by atoms with van der Waals surface area (Å²) in [6.07, 6.45) is 0. The molecule has 0 aliphatic rings. The topological polar surface area (TPSA) is 104 Å². The second-order valence-corrected chi connectivity index (χ2v) is 8.90. The van der Waals surface area contributed by atoms with E-state index in [1.54, 1.807) is 62.4 Å². The molecule has 0 saturated heterocycles. The number of carbonyl (C=O) groups is 2. The molecular formula is C20H24ClN3O4S. The van der Waals surface area contributed by atoms with Gasteiger partial charge in [0.2, 0.25) is 15.9 Å². The Balaban J connectivity index is 1.92. The lowest BCUT2D eigenvalue weighted by molar-refractivity contribution is -0.120.